The molecule has 3 heteroatoms. The van der Waals surface area contributed by atoms with E-state index in [4.69, 9.17) is 0 Å². The van der Waals surface area contributed by atoms with Crippen molar-refractivity contribution in [1.82, 2.24) is 9.55 Å². The molecule has 0 spiro atoms. The second-order valence-electron chi connectivity index (χ2n) is 4.28. The van der Waals surface area contributed by atoms with Gasteiger partial charge in [-0.1, -0.05) is 6.92 Å². The predicted octanol–water partition coefficient (Wildman–Crippen LogP) is 2.20. The molecule has 1 heterocycles. The minimum atomic E-state index is 0.389. The summed E-state index contributed by atoms with van der Waals surface area (Å²) in [7, 11) is 0. The Morgan fingerprint density at radius 1 is 1.60 bits per heavy atom. The van der Waals surface area contributed by atoms with Crippen molar-refractivity contribution < 1.29 is 4.79 Å². The van der Waals surface area contributed by atoms with E-state index in [1.807, 2.05) is 12.4 Å². The quantitative estimate of drug-likeness (QED) is 0.715. The first-order valence-electron chi connectivity index (χ1n) is 5.84. The summed E-state index contributed by atoms with van der Waals surface area (Å²) < 4.78 is 2.15. The van der Waals surface area contributed by atoms with Crippen LogP contribution in [0.2, 0.25) is 0 Å². The lowest BCUT2D eigenvalue weighted by Gasteiger charge is -2.05. The molecular weight excluding hydrogens is 188 g/mol. The number of rotatable bonds is 6. The Labute approximate surface area is 90.5 Å². The molecule has 1 saturated carbocycles. The van der Waals surface area contributed by atoms with E-state index in [0.29, 0.717) is 18.1 Å². The van der Waals surface area contributed by atoms with Crippen LogP contribution in [0.25, 0.3) is 0 Å². The number of aromatic nitrogens is 2. The molecule has 0 aliphatic heterocycles. The Kier molecular flexibility index (Phi) is 3.19. The van der Waals surface area contributed by atoms with E-state index in [0.717, 1.165) is 38.1 Å². The van der Waals surface area contributed by atoms with Gasteiger partial charge < -0.3 is 4.57 Å². The molecule has 0 bridgehead atoms. The molecule has 1 aliphatic carbocycles. The standard InChI is InChI=1S/C12H18N2O/c1-2-8-14-9-7-13-12(14)6-5-11(15)10-3-4-10/h7,9-10H,2-6,8H2,1H3. The van der Waals surface area contributed by atoms with Crippen LogP contribution in [0.5, 0.6) is 0 Å². The number of Topliss-reactive ketones (excluding diaryl/α,β-unsaturated/α-hetero) is 1. The lowest BCUT2D eigenvalue weighted by Crippen LogP contribution is -2.07. The normalized spacial score (nSPS) is 15.5. The van der Waals surface area contributed by atoms with Crippen molar-refractivity contribution in [2.45, 2.75) is 45.6 Å². The van der Waals surface area contributed by atoms with Gasteiger partial charge in [0, 0.05) is 37.7 Å². The number of ketones is 1. The summed E-state index contributed by atoms with van der Waals surface area (Å²) in [5, 5.41) is 0. The summed E-state index contributed by atoms with van der Waals surface area (Å²) in [5.41, 5.74) is 0. The van der Waals surface area contributed by atoms with Crippen LogP contribution >= 0.6 is 0 Å². The van der Waals surface area contributed by atoms with Crippen LogP contribution in [0.4, 0.5) is 0 Å². The van der Waals surface area contributed by atoms with Crippen LogP contribution in [0.3, 0.4) is 0 Å². The Bertz CT molecular complexity index is 339. The molecule has 15 heavy (non-hydrogen) atoms. The van der Waals surface area contributed by atoms with Gasteiger partial charge in [-0.15, -0.1) is 0 Å². The number of imidazole rings is 1. The first-order valence-corrected chi connectivity index (χ1v) is 5.84. The van der Waals surface area contributed by atoms with Gasteiger partial charge in [-0.25, -0.2) is 4.98 Å². The van der Waals surface area contributed by atoms with Gasteiger partial charge in [0.15, 0.2) is 0 Å². The van der Waals surface area contributed by atoms with Crippen LogP contribution in [-0.4, -0.2) is 15.3 Å². The molecule has 0 aromatic carbocycles. The molecule has 0 amide bonds. The Balaban J connectivity index is 1.86. The maximum Gasteiger partial charge on any atom is 0.136 e. The fourth-order valence-electron chi connectivity index (χ4n) is 1.86. The number of hydrogen-bond acceptors (Lipinski definition) is 2. The summed E-state index contributed by atoms with van der Waals surface area (Å²) in [6.07, 6.45) is 8.64. The van der Waals surface area contributed by atoms with Gasteiger partial charge in [0.05, 0.1) is 0 Å². The van der Waals surface area contributed by atoms with Crippen LogP contribution in [0, 0.1) is 5.92 Å². The largest absolute Gasteiger partial charge is 0.335 e. The minimum absolute atomic E-state index is 0.389. The molecule has 2 rings (SSSR count). The van der Waals surface area contributed by atoms with Gasteiger partial charge in [0.25, 0.3) is 0 Å². The molecule has 0 radical (unpaired) electrons. The molecule has 1 aromatic heterocycles. The van der Waals surface area contributed by atoms with Gasteiger partial charge in [0.1, 0.15) is 11.6 Å². The summed E-state index contributed by atoms with van der Waals surface area (Å²) >= 11 is 0. The van der Waals surface area contributed by atoms with Crippen molar-refractivity contribution in [3.05, 3.63) is 18.2 Å². The van der Waals surface area contributed by atoms with Gasteiger partial charge in [0.2, 0.25) is 0 Å². The van der Waals surface area contributed by atoms with Gasteiger partial charge in [-0.2, -0.15) is 0 Å². The minimum Gasteiger partial charge on any atom is -0.335 e. The van der Waals surface area contributed by atoms with E-state index >= 15 is 0 Å². The third-order valence-corrected chi connectivity index (χ3v) is 2.89. The maximum absolute atomic E-state index is 11.5. The van der Waals surface area contributed by atoms with Crippen LogP contribution in [0.15, 0.2) is 12.4 Å². The SMILES string of the molecule is CCCn1ccnc1CCC(=O)C1CC1. The highest BCUT2D eigenvalue weighted by atomic mass is 16.1. The zero-order chi connectivity index (χ0) is 10.7. The van der Waals surface area contributed by atoms with Crippen molar-refractivity contribution in [3.8, 4) is 0 Å². The molecular formula is C12H18N2O. The van der Waals surface area contributed by atoms with Crippen LogP contribution < -0.4 is 0 Å². The maximum atomic E-state index is 11.5. The molecule has 0 atom stereocenters. The first kappa shape index (κ1) is 10.4. The fraction of sp³-hybridized carbons (Fsp3) is 0.667. The summed E-state index contributed by atoms with van der Waals surface area (Å²) in [6, 6.07) is 0. The predicted molar refractivity (Wildman–Crippen MR) is 58.6 cm³/mol. The molecule has 0 unspecified atom stereocenters. The smallest absolute Gasteiger partial charge is 0.136 e. The van der Waals surface area contributed by atoms with Crippen molar-refractivity contribution in [2.75, 3.05) is 0 Å². The monoisotopic (exact) mass is 206 g/mol. The van der Waals surface area contributed by atoms with Crippen molar-refractivity contribution in [1.29, 1.82) is 0 Å². The Hall–Kier alpha value is -1.12. The molecule has 1 aromatic rings. The highest BCUT2D eigenvalue weighted by Gasteiger charge is 2.28. The molecule has 1 fully saturated rings. The van der Waals surface area contributed by atoms with E-state index in [1.54, 1.807) is 0 Å². The average molecular weight is 206 g/mol. The van der Waals surface area contributed by atoms with E-state index in [9.17, 15) is 4.79 Å². The molecule has 0 saturated heterocycles. The highest BCUT2D eigenvalue weighted by molar-refractivity contribution is 5.83. The van der Waals surface area contributed by atoms with Crippen LogP contribution in [-0.2, 0) is 17.8 Å². The molecule has 3 nitrogen and oxygen atoms in total. The third kappa shape index (κ3) is 2.67. The lowest BCUT2D eigenvalue weighted by atomic mass is 10.1. The number of hydrogen-bond donors (Lipinski definition) is 0. The van der Waals surface area contributed by atoms with Crippen molar-refractivity contribution in [3.63, 3.8) is 0 Å². The van der Waals surface area contributed by atoms with Crippen molar-refractivity contribution >= 4 is 5.78 Å². The summed E-state index contributed by atoms with van der Waals surface area (Å²) in [5.74, 6) is 1.88. The van der Waals surface area contributed by atoms with Crippen molar-refractivity contribution in [2.24, 2.45) is 5.92 Å². The Morgan fingerprint density at radius 3 is 3.07 bits per heavy atom. The number of aryl methyl sites for hydroxylation is 2. The zero-order valence-corrected chi connectivity index (χ0v) is 9.28. The van der Waals surface area contributed by atoms with E-state index < -0.39 is 0 Å². The number of nitrogens with zero attached hydrogens (tertiary/aromatic N) is 2. The van der Waals surface area contributed by atoms with E-state index in [-0.39, 0.29) is 0 Å². The average Bonchev–Trinajstić information content (AvgIpc) is 2.99. The van der Waals surface area contributed by atoms with Crippen LogP contribution in [0.1, 0.15) is 38.4 Å². The second-order valence-corrected chi connectivity index (χ2v) is 4.28. The topological polar surface area (TPSA) is 34.9 Å². The number of carbonyl (C=O) groups is 1. The first-order chi connectivity index (χ1) is 7.31. The lowest BCUT2D eigenvalue weighted by molar-refractivity contribution is -0.120. The fourth-order valence-corrected chi connectivity index (χ4v) is 1.86. The molecule has 0 N–H and O–H groups in total. The molecule has 82 valence electrons. The second kappa shape index (κ2) is 4.60. The van der Waals surface area contributed by atoms with Gasteiger partial charge >= 0.3 is 0 Å². The zero-order valence-electron chi connectivity index (χ0n) is 9.28. The summed E-state index contributed by atoms with van der Waals surface area (Å²) in [4.78, 5) is 15.8. The van der Waals surface area contributed by atoms with E-state index in [1.165, 1.54) is 0 Å². The van der Waals surface area contributed by atoms with E-state index in [2.05, 4.69) is 16.5 Å². The highest BCUT2D eigenvalue weighted by Crippen LogP contribution is 2.31. The molecule has 1 aliphatic rings. The Morgan fingerprint density at radius 2 is 2.40 bits per heavy atom. The third-order valence-electron chi connectivity index (χ3n) is 2.89. The summed E-state index contributed by atoms with van der Waals surface area (Å²) in [6.45, 7) is 3.16. The van der Waals surface area contributed by atoms with Gasteiger partial charge in [-0.05, 0) is 19.3 Å². The number of carbonyl (C=O) groups excluding carboxylic acids is 1. The van der Waals surface area contributed by atoms with Gasteiger partial charge in [-0.3, -0.25) is 4.79 Å².